The zero-order valence-electron chi connectivity index (χ0n) is 10.9. The van der Waals surface area contributed by atoms with Gasteiger partial charge in [-0.15, -0.1) is 0 Å². The van der Waals surface area contributed by atoms with E-state index in [1.165, 1.54) is 12.1 Å². The number of carbonyl (C=O) groups excluding carboxylic acids is 1. The molecular formula is C15H17FO3. The third kappa shape index (κ3) is 2.25. The molecular weight excluding hydrogens is 247 g/mol. The van der Waals surface area contributed by atoms with Gasteiger partial charge in [0, 0.05) is 7.11 Å². The number of carbonyl (C=O) groups is 1. The van der Waals surface area contributed by atoms with Gasteiger partial charge in [-0.25, -0.2) is 4.39 Å². The summed E-state index contributed by atoms with van der Waals surface area (Å²) >= 11 is 0. The highest BCUT2D eigenvalue weighted by molar-refractivity contribution is 6.00. The molecule has 1 spiro atoms. The van der Waals surface area contributed by atoms with Crippen molar-refractivity contribution in [2.75, 3.05) is 7.11 Å². The topological polar surface area (TPSA) is 35.5 Å². The largest absolute Gasteiger partial charge is 0.486 e. The lowest BCUT2D eigenvalue weighted by Crippen LogP contribution is -2.46. The number of hydrogen-bond donors (Lipinski definition) is 0. The molecule has 0 saturated heterocycles. The number of rotatable bonds is 1. The first-order valence-electron chi connectivity index (χ1n) is 6.66. The lowest BCUT2D eigenvalue weighted by molar-refractivity contribution is -0.0320. The number of ether oxygens (including phenoxy) is 2. The lowest BCUT2D eigenvalue weighted by Gasteiger charge is -2.42. The molecule has 1 aromatic carbocycles. The van der Waals surface area contributed by atoms with Gasteiger partial charge in [0.05, 0.1) is 18.1 Å². The molecule has 19 heavy (non-hydrogen) atoms. The lowest BCUT2D eigenvalue weighted by atomic mass is 9.77. The minimum atomic E-state index is -0.406. The maximum absolute atomic E-state index is 13.2. The normalized spacial score (nSPS) is 30.0. The fourth-order valence-corrected chi connectivity index (χ4v) is 3.10. The Labute approximate surface area is 111 Å². The smallest absolute Gasteiger partial charge is 0.170 e. The Kier molecular flexibility index (Phi) is 3.05. The van der Waals surface area contributed by atoms with E-state index in [-0.39, 0.29) is 11.9 Å². The monoisotopic (exact) mass is 264 g/mol. The van der Waals surface area contributed by atoms with Crippen LogP contribution in [0, 0.1) is 5.82 Å². The van der Waals surface area contributed by atoms with E-state index in [0.29, 0.717) is 17.7 Å². The number of halogens is 1. The van der Waals surface area contributed by atoms with E-state index in [9.17, 15) is 9.18 Å². The highest BCUT2D eigenvalue weighted by Gasteiger charge is 2.43. The molecule has 102 valence electrons. The summed E-state index contributed by atoms with van der Waals surface area (Å²) in [5, 5.41) is 0. The Morgan fingerprint density at radius 3 is 2.79 bits per heavy atom. The summed E-state index contributed by atoms with van der Waals surface area (Å²) in [6.07, 6.45) is 4.04. The Morgan fingerprint density at radius 1 is 1.37 bits per heavy atom. The van der Waals surface area contributed by atoms with Crippen molar-refractivity contribution in [2.45, 2.75) is 43.8 Å². The van der Waals surface area contributed by atoms with Crippen molar-refractivity contribution in [3.63, 3.8) is 0 Å². The van der Waals surface area contributed by atoms with Crippen molar-refractivity contribution < 1.29 is 18.7 Å². The molecule has 0 N–H and O–H groups in total. The molecule has 1 aliphatic carbocycles. The Bertz CT molecular complexity index is 504. The zero-order chi connectivity index (χ0) is 13.5. The van der Waals surface area contributed by atoms with Crippen molar-refractivity contribution in [3.8, 4) is 5.75 Å². The van der Waals surface area contributed by atoms with Crippen LogP contribution in [0.25, 0.3) is 0 Å². The third-order valence-electron chi connectivity index (χ3n) is 4.23. The first kappa shape index (κ1) is 12.6. The van der Waals surface area contributed by atoms with Crippen LogP contribution in [0.5, 0.6) is 5.75 Å². The molecule has 1 fully saturated rings. The van der Waals surface area contributed by atoms with Crippen LogP contribution in [0.3, 0.4) is 0 Å². The summed E-state index contributed by atoms with van der Waals surface area (Å²) in [5.41, 5.74) is -0.0313. The van der Waals surface area contributed by atoms with Crippen LogP contribution in [-0.2, 0) is 4.74 Å². The molecule has 0 bridgehead atoms. The van der Waals surface area contributed by atoms with Crippen LogP contribution < -0.4 is 4.74 Å². The van der Waals surface area contributed by atoms with Crippen LogP contribution in [0.4, 0.5) is 4.39 Å². The standard InChI is InChI=1S/C15H17FO3/c1-18-11-4-6-15(7-5-11)9-13(17)12-8-10(16)2-3-14(12)19-15/h2-3,8,11H,4-7,9H2,1H3. The zero-order valence-corrected chi connectivity index (χ0v) is 10.9. The van der Waals surface area contributed by atoms with Gasteiger partial charge in [0.1, 0.15) is 17.2 Å². The van der Waals surface area contributed by atoms with E-state index in [4.69, 9.17) is 9.47 Å². The number of Topliss-reactive ketones (excluding diaryl/α,β-unsaturated/α-hetero) is 1. The van der Waals surface area contributed by atoms with E-state index in [1.54, 1.807) is 13.2 Å². The third-order valence-corrected chi connectivity index (χ3v) is 4.23. The molecule has 0 amide bonds. The van der Waals surface area contributed by atoms with E-state index in [0.717, 1.165) is 25.7 Å². The first-order valence-corrected chi connectivity index (χ1v) is 6.66. The van der Waals surface area contributed by atoms with E-state index in [1.807, 2.05) is 0 Å². The van der Waals surface area contributed by atoms with Crippen LogP contribution in [0.2, 0.25) is 0 Å². The second-order valence-electron chi connectivity index (χ2n) is 5.46. The first-order chi connectivity index (χ1) is 9.12. The molecule has 2 aliphatic rings. The summed E-state index contributed by atoms with van der Waals surface area (Å²) in [6, 6.07) is 4.17. The highest BCUT2D eigenvalue weighted by atomic mass is 19.1. The Hall–Kier alpha value is -1.42. The van der Waals surface area contributed by atoms with Crippen molar-refractivity contribution >= 4 is 5.78 Å². The highest BCUT2D eigenvalue weighted by Crippen LogP contribution is 2.42. The summed E-state index contributed by atoms with van der Waals surface area (Å²) in [4.78, 5) is 12.2. The van der Waals surface area contributed by atoms with Gasteiger partial charge < -0.3 is 9.47 Å². The molecule has 1 heterocycles. The van der Waals surface area contributed by atoms with Crippen LogP contribution in [0.15, 0.2) is 18.2 Å². The van der Waals surface area contributed by atoms with Gasteiger partial charge in [-0.3, -0.25) is 4.79 Å². The fourth-order valence-electron chi connectivity index (χ4n) is 3.10. The number of ketones is 1. The van der Waals surface area contributed by atoms with Crippen LogP contribution >= 0.6 is 0 Å². The maximum atomic E-state index is 13.2. The molecule has 0 atom stereocenters. The molecule has 1 aliphatic heterocycles. The van der Waals surface area contributed by atoms with Crippen molar-refractivity contribution in [1.29, 1.82) is 0 Å². The molecule has 3 nitrogen and oxygen atoms in total. The minimum Gasteiger partial charge on any atom is -0.486 e. The quantitative estimate of drug-likeness (QED) is 0.781. The van der Waals surface area contributed by atoms with Crippen molar-refractivity contribution in [1.82, 2.24) is 0 Å². The molecule has 4 heteroatoms. The van der Waals surface area contributed by atoms with Gasteiger partial charge in [0.2, 0.25) is 0 Å². The SMILES string of the molecule is COC1CCC2(CC1)CC(=O)c1cc(F)ccc1O2. The molecule has 0 aromatic heterocycles. The molecule has 3 rings (SSSR count). The van der Waals surface area contributed by atoms with Gasteiger partial charge in [-0.05, 0) is 43.9 Å². The minimum absolute atomic E-state index is 0.0170. The summed E-state index contributed by atoms with van der Waals surface area (Å²) in [5.74, 6) is 0.111. The van der Waals surface area contributed by atoms with Crippen LogP contribution in [-0.4, -0.2) is 24.6 Å². The second kappa shape index (κ2) is 4.60. The number of benzene rings is 1. The molecule has 1 saturated carbocycles. The van der Waals surface area contributed by atoms with Gasteiger partial charge in [0.25, 0.3) is 0 Å². The average Bonchev–Trinajstić information content (AvgIpc) is 2.41. The Balaban J connectivity index is 1.85. The van der Waals surface area contributed by atoms with Gasteiger partial charge in [-0.2, -0.15) is 0 Å². The second-order valence-corrected chi connectivity index (χ2v) is 5.46. The predicted molar refractivity (Wildman–Crippen MR) is 68.0 cm³/mol. The summed E-state index contributed by atoms with van der Waals surface area (Å²) in [7, 11) is 1.72. The Morgan fingerprint density at radius 2 is 2.11 bits per heavy atom. The fraction of sp³-hybridized carbons (Fsp3) is 0.533. The molecule has 0 radical (unpaired) electrons. The van der Waals surface area contributed by atoms with Crippen molar-refractivity contribution in [3.05, 3.63) is 29.6 Å². The number of methoxy groups -OCH3 is 1. The average molecular weight is 264 g/mol. The van der Waals surface area contributed by atoms with Crippen LogP contribution in [0.1, 0.15) is 42.5 Å². The predicted octanol–water partition coefficient (Wildman–Crippen LogP) is 3.12. The van der Waals surface area contributed by atoms with E-state index < -0.39 is 11.4 Å². The van der Waals surface area contributed by atoms with Gasteiger partial charge >= 0.3 is 0 Å². The number of hydrogen-bond acceptors (Lipinski definition) is 3. The van der Waals surface area contributed by atoms with E-state index >= 15 is 0 Å². The molecule has 0 unspecified atom stereocenters. The molecule has 1 aromatic rings. The summed E-state index contributed by atoms with van der Waals surface area (Å²) < 4.78 is 24.6. The van der Waals surface area contributed by atoms with E-state index in [2.05, 4.69) is 0 Å². The van der Waals surface area contributed by atoms with Gasteiger partial charge in [-0.1, -0.05) is 0 Å². The van der Waals surface area contributed by atoms with Gasteiger partial charge in [0.15, 0.2) is 5.78 Å². The van der Waals surface area contributed by atoms with Crippen molar-refractivity contribution in [2.24, 2.45) is 0 Å². The number of fused-ring (bicyclic) bond motifs is 1. The maximum Gasteiger partial charge on any atom is 0.170 e. The summed E-state index contributed by atoms with van der Waals surface area (Å²) in [6.45, 7) is 0.